The normalized spacial score (nSPS) is 19.3. The second-order valence-corrected chi connectivity index (χ2v) is 22.7. The zero-order chi connectivity index (χ0) is 50.2. The topological polar surface area (TPSA) is 218 Å². The quantitative estimate of drug-likeness (QED) is 0.0711. The first-order valence-electron chi connectivity index (χ1n) is 23.5. The smallest absolute Gasteiger partial charge is 0.349 e. The van der Waals surface area contributed by atoms with E-state index >= 15 is 0 Å². The number of carboxylic acid groups (broad SMARTS) is 1. The molecule has 3 aromatic carbocycles. The molecule has 2 aromatic heterocycles. The third-order valence-corrected chi connectivity index (χ3v) is 17.0. The number of imidazole rings is 1. The number of carboxylic acids is 1. The van der Waals surface area contributed by atoms with Crippen molar-refractivity contribution in [3.63, 3.8) is 0 Å². The van der Waals surface area contributed by atoms with Gasteiger partial charge < -0.3 is 20.5 Å². The van der Waals surface area contributed by atoms with Crippen LogP contribution < -0.4 is 26.4 Å². The molecule has 372 valence electrons. The maximum Gasteiger partial charge on any atom is 0.349 e. The summed E-state index contributed by atoms with van der Waals surface area (Å²) in [6, 6.07) is 19.2. The van der Waals surface area contributed by atoms with Crippen molar-refractivity contribution in [1.29, 1.82) is 0 Å². The average Bonchev–Trinajstić information content (AvgIpc) is 3.77. The van der Waals surface area contributed by atoms with Gasteiger partial charge in [0.05, 0.1) is 28.2 Å². The van der Waals surface area contributed by atoms with Crippen LogP contribution in [0.3, 0.4) is 0 Å². The van der Waals surface area contributed by atoms with E-state index in [1.807, 2.05) is 64.1 Å². The highest BCUT2D eigenvalue weighted by molar-refractivity contribution is 7.88. The number of rotatable bonds is 16. The number of thiophene rings is 1. The van der Waals surface area contributed by atoms with Crippen LogP contribution in [0, 0.1) is 0 Å². The Bertz CT molecular complexity index is 3040. The van der Waals surface area contributed by atoms with Crippen LogP contribution in [0.25, 0.3) is 21.5 Å². The van der Waals surface area contributed by atoms with Gasteiger partial charge in [0.15, 0.2) is 16.4 Å². The number of amides is 3. The average molecular weight is 1020 g/mol. The molecule has 0 bridgehead atoms. The molecule has 3 amide bonds. The lowest BCUT2D eigenvalue weighted by Gasteiger charge is -2.45. The van der Waals surface area contributed by atoms with Crippen LogP contribution in [0.5, 0.6) is 5.75 Å². The van der Waals surface area contributed by atoms with E-state index in [1.165, 1.54) is 11.5 Å². The van der Waals surface area contributed by atoms with Crippen LogP contribution in [0.4, 0.5) is 11.4 Å². The van der Waals surface area contributed by atoms with Gasteiger partial charge in [-0.05, 0) is 139 Å². The lowest BCUT2D eigenvalue weighted by molar-refractivity contribution is -0.135. The van der Waals surface area contributed by atoms with Gasteiger partial charge in [-0.15, -0.1) is 11.3 Å². The molecular weight excluding hydrogens is 958 g/mol. The van der Waals surface area contributed by atoms with Crippen molar-refractivity contribution in [3.05, 3.63) is 98.2 Å². The van der Waals surface area contributed by atoms with Gasteiger partial charge in [-0.2, -0.15) is 4.31 Å². The number of halogens is 1. The summed E-state index contributed by atoms with van der Waals surface area (Å²) in [5, 5.41) is 18.8. The number of likely N-dealkylation sites (tertiary alicyclic amines) is 1. The number of nitrogens with one attached hydrogen (secondary N) is 3. The monoisotopic (exact) mass is 1020 g/mol. The molecule has 3 saturated heterocycles. The summed E-state index contributed by atoms with van der Waals surface area (Å²) in [5.74, 6) is -2.59. The second-order valence-electron chi connectivity index (χ2n) is 19.4. The predicted molar refractivity (Wildman–Crippen MR) is 269 cm³/mol. The minimum Gasteiger partial charge on any atom is -0.482 e. The number of sulfonamides is 1. The van der Waals surface area contributed by atoms with Gasteiger partial charge in [0.2, 0.25) is 27.7 Å². The third kappa shape index (κ3) is 10.9. The van der Waals surface area contributed by atoms with Crippen LogP contribution in [0.15, 0.2) is 71.5 Å². The van der Waals surface area contributed by atoms with Gasteiger partial charge in [0.1, 0.15) is 17.7 Å². The number of ether oxygens (including phenoxy) is 1. The van der Waals surface area contributed by atoms with E-state index < -0.39 is 33.5 Å². The Labute approximate surface area is 415 Å². The summed E-state index contributed by atoms with van der Waals surface area (Å²) >= 11 is 7.57. The highest BCUT2D eigenvalue weighted by Gasteiger charge is 2.42. The summed E-state index contributed by atoms with van der Waals surface area (Å²) in [4.78, 5) is 77.7. The van der Waals surface area contributed by atoms with Gasteiger partial charge in [-0.25, -0.2) is 18.0 Å². The first kappa shape index (κ1) is 50.5. The lowest BCUT2D eigenvalue weighted by Crippen LogP contribution is -2.55. The molecule has 70 heavy (non-hydrogen) atoms. The highest BCUT2D eigenvalue weighted by atomic mass is 35.5. The molecule has 3 aliphatic rings. The van der Waals surface area contributed by atoms with E-state index in [2.05, 4.69) is 20.9 Å². The number of Topliss-reactive ketones (excluding diaryl/α,β-unsaturated/α-hetero) is 1. The maximum absolute atomic E-state index is 14.1. The number of benzene rings is 3. The first-order chi connectivity index (χ1) is 33.2. The number of carbonyl (C=O) groups excluding carboxylic acids is 4. The van der Waals surface area contributed by atoms with Gasteiger partial charge in [0, 0.05) is 42.0 Å². The Morgan fingerprint density at radius 2 is 1.67 bits per heavy atom. The van der Waals surface area contributed by atoms with E-state index in [1.54, 1.807) is 39.2 Å². The number of ketones is 1. The van der Waals surface area contributed by atoms with Crippen molar-refractivity contribution in [1.82, 2.24) is 23.7 Å². The number of imide groups is 1. The van der Waals surface area contributed by atoms with Gasteiger partial charge in [-0.3, -0.25) is 38.5 Å². The summed E-state index contributed by atoms with van der Waals surface area (Å²) in [7, 11) is -3.79. The molecule has 17 nitrogen and oxygen atoms in total. The Morgan fingerprint density at radius 1 is 0.943 bits per heavy atom. The third-order valence-electron chi connectivity index (χ3n) is 13.3. The fourth-order valence-electron chi connectivity index (χ4n) is 10.1. The maximum atomic E-state index is 14.1. The van der Waals surface area contributed by atoms with E-state index in [0.29, 0.717) is 53.1 Å². The fourth-order valence-corrected chi connectivity index (χ4v) is 13.5. The molecular formula is C50H58ClN7O10S2. The van der Waals surface area contributed by atoms with Crippen LogP contribution in [0.2, 0.25) is 5.02 Å². The minimum absolute atomic E-state index is 0.0450. The van der Waals surface area contributed by atoms with Crippen molar-refractivity contribution in [2.75, 3.05) is 43.4 Å². The van der Waals surface area contributed by atoms with Gasteiger partial charge in [0.25, 0.3) is 0 Å². The molecule has 0 aliphatic carbocycles. The number of fused-ring (bicyclic) bond motifs is 1. The minimum atomic E-state index is -3.79. The zero-order valence-corrected chi connectivity index (χ0v) is 42.1. The van der Waals surface area contributed by atoms with Crippen LogP contribution >= 0.6 is 22.9 Å². The fraction of sp³-hybridized carbons (Fsp3) is 0.440. The number of carbonyl (C=O) groups is 5. The standard InChI is InChI=1S/C50H58ClN7O10S2/c1-29(2)57-40-24-33(12-13-38(40)58(49(57)65)39-14-15-41(60)54-47(39)62)32-16-19-55(20-17-32)26-42(61)53-35-10-6-8-31(22-35)28-70(66,67)56-21-18-37(25-50(56,4)5)52-36-11-7-9-34(23-36)45-43(51)44(68-27-30(3)59)46(69-45)48(63)64/h6-13,22-24,29,32,37,39,52H,14-21,25-28H2,1-5H3,(H,53,61)(H,63,64)(H,54,60,62)/t37-,39?/m0/s1. The number of nitrogens with zero attached hydrogens (tertiary/aromatic N) is 4. The lowest BCUT2D eigenvalue weighted by atomic mass is 9.89. The Kier molecular flexibility index (Phi) is 14.8. The van der Waals surface area contributed by atoms with Crippen molar-refractivity contribution < 1.29 is 42.2 Å². The van der Waals surface area contributed by atoms with E-state index in [0.717, 1.165) is 40.9 Å². The molecule has 0 radical (unpaired) electrons. The van der Waals surface area contributed by atoms with Crippen molar-refractivity contribution in [3.8, 4) is 16.2 Å². The van der Waals surface area contributed by atoms with E-state index in [-0.39, 0.29) is 95.2 Å². The molecule has 3 aliphatic heterocycles. The number of piperidine rings is 3. The molecule has 5 aromatic rings. The first-order valence-corrected chi connectivity index (χ1v) is 26.3. The SMILES string of the molecule is CC(=O)COc1c(C(=O)O)sc(-c2cccc(N[C@H]3CCN(S(=O)(=O)Cc4cccc(NC(=O)CN5CCC(c6ccc7c(c6)n(C(C)C)c(=O)n7C6CCC(=O)NC6=O)CC5)c4)C(C)(C)C3)c2)c1Cl. The zero-order valence-electron chi connectivity index (χ0n) is 39.8. The number of aromatic nitrogens is 2. The molecule has 20 heteroatoms. The van der Waals surface area contributed by atoms with Crippen molar-refractivity contribution >= 4 is 84.8 Å². The molecule has 3 fully saturated rings. The van der Waals surface area contributed by atoms with Gasteiger partial charge in [-0.1, -0.05) is 41.9 Å². The number of hydrogen-bond donors (Lipinski definition) is 4. The Morgan fingerprint density at radius 3 is 2.36 bits per heavy atom. The number of aromatic carboxylic acids is 1. The van der Waals surface area contributed by atoms with Crippen LogP contribution in [0.1, 0.15) is 112 Å². The summed E-state index contributed by atoms with van der Waals surface area (Å²) in [6.45, 7) is 10.5. The molecule has 0 spiro atoms. The predicted octanol–water partition coefficient (Wildman–Crippen LogP) is 7.41. The van der Waals surface area contributed by atoms with E-state index in [9.17, 15) is 42.3 Å². The molecule has 8 rings (SSSR count). The van der Waals surface area contributed by atoms with E-state index in [4.69, 9.17) is 16.3 Å². The van der Waals surface area contributed by atoms with Gasteiger partial charge >= 0.3 is 11.7 Å². The molecule has 2 atom stereocenters. The summed E-state index contributed by atoms with van der Waals surface area (Å²) in [6.07, 6.45) is 3.07. The second kappa shape index (κ2) is 20.5. The van der Waals surface area contributed by atoms with Crippen molar-refractivity contribution in [2.45, 2.75) is 108 Å². The highest BCUT2D eigenvalue weighted by Crippen LogP contribution is 2.46. The summed E-state index contributed by atoms with van der Waals surface area (Å²) < 4.78 is 38.4. The molecule has 5 heterocycles. The molecule has 1 unspecified atom stereocenters. The number of hydrogen-bond acceptors (Lipinski definition) is 12. The molecule has 4 N–H and O–H groups in total. The van der Waals surface area contributed by atoms with Crippen molar-refractivity contribution in [2.24, 2.45) is 0 Å². The Balaban J connectivity index is 0.847. The van der Waals surface area contributed by atoms with Crippen LogP contribution in [-0.2, 0) is 35.0 Å². The molecule has 0 saturated carbocycles. The Hall–Kier alpha value is -5.86. The van der Waals surface area contributed by atoms with Crippen LogP contribution in [-0.4, -0.2) is 106 Å². The summed E-state index contributed by atoms with van der Waals surface area (Å²) in [5.41, 5.74) is 3.93. The largest absolute Gasteiger partial charge is 0.482 e. The number of anilines is 2.